The minimum Gasteiger partial charge on any atom is -0.378 e. The second-order valence-electron chi connectivity index (χ2n) is 6.63. The molecule has 6 heteroatoms. The summed E-state index contributed by atoms with van der Waals surface area (Å²) in [4.78, 5) is 18.6. The highest BCUT2D eigenvalue weighted by atomic mass is 35.5. The lowest BCUT2D eigenvalue weighted by atomic mass is 10.1. The molecule has 0 saturated heterocycles. The summed E-state index contributed by atoms with van der Waals surface area (Å²) in [5, 5.41) is 6.86. The third-order valence-corrected chi connectivity index (χ3v) is 4.49. The Morgan fingerprint density at radius 1 is 1.04 bits per heavy atom. The maximum atomic E-state index is 12.2. The normalized spacial score (nSPS) is 10.4. The van der Waals surface area contributed by atoms with Gasteiger partial charge in [-0.15, -0.1) is 0 Å². The molecule has 2 aromatic carbocycles. The van der Waals surface area contributed by atoms with Crippen LogP contribution in [-0.4, -0.2) is 31.5 Å². The Kier molecular flexibility index (Phi) is 6.50. The number of benzene rings is 2. The molecule has 0 saturated carbocycles. The largest absolute Gasteiger partial charge is 0.378 e. The third kappa shape index (κ3) is 5.47. The van der Waals surface area contributed by atoms with E-state index in [1.807, 2.05) is 73.6 Å². The first-order valence-electron chi connectivity index (χ1n) is 9.04. The van der Waals surface area contributed by atoms with Crippen molar-refractivity contribution in [1.82, 2.24) is 10.3 Å². The highest BCUT2D eigenvalue weighted by molar-refractivity contribution is 6.30. The van der Waals surface area contributed by atoms with Gasteiger partial charge in [-0.3, -0.25) is 4.79 Å². The van der Waals surface area contributed by atoms with E-state index in [0.717, 1.165) is 29.0 Å². The summed E-state index contributed by atoms with van der Waals surface area (Å²) in [6, 6.07) is 19.3. The van der Waals surface area contributed by atoms with Crippen molar-refractivity contribution in [1.29, 1.82) is 0 Å². The first-order valence-corrected chi connectivity index (χ1v) is 9.42. The van der Waals surface area contributed by atoms with Crippen LogP contribution in [0.2, 0.25) is 5.02 Å². The van der Waals surface area contributed by atoms with Gasteiger partial charge in [-0.2, -0.15) is 0 Å². The smallest absolute Gasteiger partial charge is 0.269 e. The van der Waals surface area contributed by atoms with E-state index in [4.69, 9.17) is 11.6 Å². The van der Waals surface area contributed by atoms with Crippen molar-refractivity contribution >= 4 is 34.6 Å². The summed E-state index contributed by atoms with van der Waals surface area (Å²) in [5.74, 6) is -0.191. The first-order chi connectivity index (χ1) is 13.5. The van der Waals surface area contributed by atoms with Gasteiger partial charge in [0.2, 0.25) is 0 Å². The van der Waals surface area contributed by atoms with Crippen molar-refractivity contribution in [2.45, 2.75) is 6.42 Å². The fourth-order valence-corrected chi connectivity index (χ4v) is 2.93. The predicted octanol–water partition coefficient (Wildman–Crippen LogP) is 4.52. The molecule has 3 rings (SSSR count). The molecule has 0 radical (unpaired) electrons. The van der Waals surface area contributed by atoms with Crippen LogP contribution in [0.25, 0.3) is 0 Å². The van der Waals surface area contributed by atoms with Gasteiger partial charge in [-0.25, -0.2) is 4.98 Å². The van der Waals surface area contributed by atoms with Crippen molar-refractivity contribution < 1.29 is 4.79 Å². The molecular weight excluding hydrogens is 372 g/mol. The van der Waals surface area contributed by atoms with Crippen molar-refractivity contribution in [3.63, 3.8) is 0 Å². The van der Waals surface area contributed by atoms with Crippen LogP contribution < -0.4 is 15.5 Å². The number of hydrogen-bond donors (Lipinski definition) is 2. The molecule has 0 aliphatic carbocycles. The van der Waals surface area contributed by atoms with E-state index in [1.165, 1.54) is 0 Å². The number of nitrogens with one attached hydrogen (secondary N) is 2. The fourth-order valence-electron chi connectivity index (χ4n) is 2.72. The fraction of sp³-hybridized carbons (Fsp3) is 0.182. The standard InChI is InChI=1S/C22H23ClN4O/c1-27(2)20-9-6-18(7-10-20)26-19-8-11-21(25-15-19)22(28)24-13-12-16-4-3-5-17(23)14-16/h3-11,14-15,26H,12-13H2,1-2H3,(H,24,28). The molecule has 5 nitrogen and oxygen atoms in total. The number of carbonyl (C=O) groups excluding carboxylic acids is 1. The van der Waals surface area contributed by atoms with Gasteiger partial charge in [0.25, 0.3) is 5.91 Å². The molecule has 0 aliphatic heterocycles. The number of amides is 1. The molecule has 28 heavy (non-hydrogen) atoms. The maximum absolute atomic E-state index is 12.2. The van der Waals surface area contributed by atoms with Gasteiger partial charge in [0, 0.05) is 37.0 Å². The third-order valence-electron chi connectivity index (χ3n) is 4.26. The first kappa shape index (κ1) is 19.7. The van der Waals surface area contributed by atoms with Crippen LogP contribution in [0.3, 0.4) is 0 Å². The number of pyridine rings is 1. The highest BCUT2D eigenvalue weighted by Gasteiger charge is 2.07. The Hall–Kier alpha value is -3.05. The SMILES string of the molecule is CN(C)c1ccc(Nc2ccc(C(=O)NCCc3cccc(Cl)c3)nc2)cc1. The number of rotatable bonds is 7. The topological polar surface area (TPSA) is 57.3 Å². The molecule has 0 spiro atoms. The van der Waals surface area contributed by atoms with E-state index in [9.17, 15) is 4.79 Å². The van der Waals surface area contributed by atoms with Crippen LogP contribution in [-0.2, 0) is 6.42 Å². The molecule has 3 aromatic rings. The van der Waals surface area contributed by atoms with Gasteiger partial charge >= 0.3 is 0 Å². The van der Waals surface area contributed by atoms with Crippen LogP contribution in [0.1, 0.15) is 16.1 Å². The summed E-state index contributed by atoms with van der Waals surface area (Å²) >= 11 is 5.97. The number of carbonyl (C=O) groups is 1. The zero-order valence-corrected chi connectivity index (χ0v) is 16.7. The van der Waals surface area contributed by atoms with E-state index < -0.39 is 0 Å². The number of halogens is 1. The van der Waals surface area contributed by atoms with Crippen LogP contribution in [0.4, 0.5) is 17.1 Å². The average Bonchev–Trinajstić information content (AvgIpc) is 2.69. The van der Waals surface area contributed by atoms with Crippen LogP contribution in [0.15, 0.2) is 66.9 Å². The Bertz CT molecular complexity index is 924. The Morgan fingerprint density at radius 3 is 2.43 bits per heavy atom. The number of hydrogen-bond acceptors (Lipinski definition) is 4. The molecule has 0 atom stereocenters. The number of anilines is 3. The van der Waals surface area contributed by atoms with E-state index in [1.54, 1.807) is 12.3 Å². The summed E-state index contributed by atoms with van der Waals surface area (Å²) in [5.41, 5.74) is 4.40. The van der Waals surface area contributed by atoms with Crippen molar-refractivity contribution in [3.05, 3.63) is 83.1 Å². The van der Waals surface area contributed by atoms with E-state index in [-0.39, 0.29) is 5.91 Å². The van der Waals surface area contributed by atoms with Gasteiger partial charge in [0.1, 0.15) is 5.69 Å². The lowest BCUT2D eigenvalue weighted by molar-refractivity contribution is 0.0949. The summed E-state index contributed by atoms with van der Waals surface area (Å²) in [6.45, 7) is 0.527. The lowest BCUT2D eigenvalue weighted by Crippen LogP contribution is -2.26. The highest BCUT2D eigenvalue weighted by Crippen LogP contribution is 2.19. The second kappa shape index (κ2) is 9.24. The summed E-state index contributed by atoms with van der Waals surface area (Å²) in [6.07, 6.45) is 2.38. The molecule has 1 amide bonds. The number of aromatic nitrogens is 1. The monoisotopic (exact) mass is 394 g/mol. The van der Waals surface area contributed by atoms with E-state index >= 15 is 0 Å². The maximum Gasteiger partial charge on any atom is 0.269 e. The molecule has 2 N–H and O–H groups in total. The molecule has 1 aromatic heterocycles. The molecule has 0 bridgehead atoms. The van der Waals surface area contributed by atoms with Crippen LogP contribution >= 0.6 is 11.6 Å². The molecule has 0 unspecified atom stereocenters. The Morgan fingerprint density at radius 2 is 1.79 bits per heavy atom. The minimum atomic E-state index is -0.191. The average molecular weight is 395 g/mol. The molecular formula is C22H23ClN4O. The lowest BCUT2D eigenvalue weighted by Gasteiger charge is -2.13. The van der Waals surface area contributed by atoms with Gasteiger partial charge in [0.15, 0.2) is 0 Å². The van der Waals surface area contributed by atoms with Crippen molar-refractivity contribution in [2.75, 3.05) is 30.9 Å². The zero-order chi connectivity index (χ0) is 19.9. The van der Waals surface area contributed by atoms with Crippen LogP contribution in [0, 0.1) is 0 Å². The molecule has 0 aliphatic rings. The van der Waals surface area contributed by atoms with Gasteiger partial charge in [-0.05, 0) is 60.5 Å². The Balaban J connectivity index is 1.52. The van der Waals surface area contributed by atoms with Gasteiger partial charge in [0.05, 0.1) is 11.9 Å². The Labute approximate surface area is 170 Å². The second-order valence-corrected chi connectivity index (χ2v) is 7.07. The number of nitrogens with zero attached hydrogens (tertiary/aromatic N) is 2. The van der Waals surface area contributed by atoms with Crippen molar-refractivity contribution in [3.8, 4) is 0 Å². The quantitative estimate of drug-likeness (QED) is 0.618. The van der Waals surface area contributed by atoms with Crippen LogP contribution in [0.5, 0.6) is 0 Å². The summed E-state index contributed by atoms with van der Waals surface area (Å²) in [7, 11) is 4.01. The molecule has 1 heterocycles. The van der Waals surface area contributed by atoms with Gasteiger partial charge in [-0.1, -0.05) is 23.7 Å². The summed E-state index contributed by atoms with van der Waals surface area (Å²) < 4.78 is 0. The predicted molar refractivity (Wildman–Crippen MR) is 116 cm³/mol. The molecule has 0 fully saturated rings. The minimum absolute atomic E-state index is 0.191. The van der Waals surface area contributed by atoms with E-state index in [2.05, 4.69) is 15.6 Å². The zero-order valence-electron chi connectivity index (χ0n) is 15.9. The molecule has 144 valence electrons. The van der Waals surface area contributed by atoms with Gasteiger partial charge < -0.3 is 15.5 Å². The van der Waals surface area contributed by atoms with Crippen molar-refractivity contribution in [2.24, 2.45) is 0 Å². The van der Waals surface area contributed by atoms with E-state index in [0.29, 0.717) is 17.3 Å².